The molecule has 1 amide bonds. The van der Waals surface area contributed by atoms with Crippen LogP contribution in [-0.2, 0) is 0 Å². The molecule has 0 spiro atoms. The summed E-state index contributed by atoms with van der Waals surface area (Å²) in [6.45, 7) is 1.47. The number of amides is 1. The van der Waals surface area contributed by atoms with Gasteiger partial charge in [0.15, 0.2) is 0 Å². The first-order chi connectivity index (χ1) is 7.68. The molecule has 1 aliphatic heterocycles. The Morgan fingerprint density at radius 2 is 2.19 bits per heavy atom. The molecule has 2 N–H and O–H groups in total. The van der Waals surface area contributed by atoms with Crippen LogP contribution in [0.2, 0.25) is 0 Å². The maximum absolute atomic E-state index is 12.1. The largest absolute Gasteiger partial charge is 0.398 e. The van der Waals surface area contributed by atoms with Crippen LogP contribution in [0, 0.1) is 0 Å². The number of halogens is 1. The second kappa shape index (κ2) is 4.70. The summed E-state index contributed by atoms with van der Waals surface area (Å²) in [5.41, 5.74) is 7.00. The summed E-state index contributed by atoms with van der Waals surface area (Å²) in [5, 5.41) is 0. The average Bonchev–Trinajstić information content (AvgIpc) is 2.33. The zero-order valence-corrected chi connectivity index (χ0v) is 10.4. The molecular weight excluding hydrogens is 268 g/mol. The topological polar surface area (TPSA) is 46.3 Å². The van der Waals surface area contributed by atoms with E-state index in [0.717, 1.165) is 17.4 Å². The van der Waals surface area contributed by atoms with Crippen LogP contribution in [0.25, 0.3) is 0 Å². The summed E-state index contributed by atoms with van der Waals surface area (Å²) >= 11 is 3.31. The van der Waals surface area contributed by atoms with Gasteiger partial charge in [0.2, 0.25) is 0 Å². The SMILES string of the molecule is Nc1cc(C(=O)N2CC=CCC2)ccc1Br. The molecule has 0 fully saturated rings. The number of nitrogens with zero attached hydrogens (tertiary/aromatic N) is 1. The fraction of sp³-hybridized carbons (Fsp3) is 0.250. The van der Waals surface area contributed by atoms with Crippen molar-refractivity contribution in [2.45, 2.75) is 6.42 Å². The van der Waals surface area contributed by atoms with Crippen LogP contribution in [-0.4, -0.2) is 23.9 Å². The fourth-order valence-corrected chi connectivity index (χ4v) is 1.93. The van der Waals surface area contributed by atoms with Gasteiger partial charge in [-0.25, -0.2) is 0 Å². The summed E-state index contributed by atoms with van der Waals surface area (Å²) in [5.74, 6) is 0.0450. The van der Waals surface area contributed by atoms with E-state index in [1.165, 1.54) is 0 Å². The summed E-state index contributed by atoms with van der Waals surface area (Å²) in [4.78, 5) is 13.9. The molecule has 0 saturated carbocycles. The minimum Gasteiger partial charge on any atom is -0.398 e. The molecule has 4 heteroatoms. The van der Waals surface area contributed by atoms with Crippen molar-refractivity contribution < 1.29 is 4.79 Å². The average molecular weight is 281 g/mol. The summed E-state index contributed by atoms with van der Waals surface area (Å²) < 4.78 is 0.822. The van der Waals surface area contributed by atoms with Gasteiger partial charge in [-0.15, -0.1) is 0 Å². The highest BCUT2D eigenvalue weighted by atomic mass is 79.9. The summed E-state index contributed by atoms with van der Waals surface area (Å²) in [6.07, 6.45) is 5.04. The Bertz CT molecular complexity index is 443. The van der Waals surface area contributed by atoms with E-state index in [9.17, 15) is 4.79 Å². The number of hydrogen-bond acceptors (Lipinski definition) is 2. The maximum atomic E-state index is 12.1. The van der Waals surface area contributed by atoms with Crippen molar-refractivity contribution in [2.75, 3.05) is 18.8 Å². The minimum atomic E-state index is 0.0450. The smallest absolute Gasteiger partial charge is 0.254 e. The Labute approximate surface area is 103 Å². The summed E-state index contributed by atoms with van der Waals surface area (Å²) in [7, 11) is 0. The molecule has 0 radical (unpaired) electrons. The number of hydrogen-bond donors (Lipinski definition) is 1. The normalized spacial score (nSPS) is 15.2. The second-order valence-corrected chi connectivity index (χ2v) is 4.60. The Balaban J connectivity index is 2.20. The van der Waals surface area contributed by atoms with E-state index in [1.54, 1.807) is 12.1 Å². The highest BCUT2D eigenvalue weighted by Crippen LogP contribution is 2.21. The zero-order chi connectivity index (χ0) is 11.5. The van der Waals surface area contributed by atoms with E-state index < -0.39 is 0 Å². The highest BCUT2D eigenvalue weighted by Gasteiger charge is 2.16. The molecule has 1 aliphatic rings. The number of rotatable bonds is 1. The van der Waals surface area contributed by atoms with Crippen LogP contribution in [0.3, 0.4) is 0 Å². The molecule has 0 saturated heterocycles. The van der Waals surface area contributed by atoms with Crippen LogP contribution >= 0.6 is 15.9 Å². The lowest BCUT2D eigenvalue weighted by Gasteiger charge is -2.23. The minimum absolute atomic E-state index is 0.0450. The van der Waals surface area contributed by atoms with Gasteiger partial charge >= 0.3 is 0 Å². The van der Waals surface area contributed by atoms with Gasteiger partial charge in [-0.1, -0.05) is 12.2 Å². The Hall–Kier alpha value is -1.29. The monoisotopic (exact) mass is 280 g/mol. The fourth-order valence-electron chi connectivity index (χ4n) is 1.69. The lowest BCUT2D eigenvalue weighted by molar-refractivity contribution is 0.0771. The van der Waals surface area contributed by atoms with Gasteiger partial charge in [-0.2, -0.15) is 0 Å². The van der Waals surface area contributed by atoms with E-state index in [1.807, 2.05) is 17.0 Å². The van der Waals surface area contributed by atoms with Crippen molar-refractivity contribution in [3.05, 3.63) is 40.4 Å². The molecule has 0 bridgehead atoms. The first-order valence-electron chi connectivity index (χ1n) is 5.18. The number of benzene rings is 1. The van der Waals surface area contributed by atoms with Crippen molar-refractivity contribution in [1.29, 1.82) is 0 Å². The van der Waals surface area contributed by atoms with Gasteiger partial charge in [-0.3, -0.25) is 4.79 Å². The van der Waals surface area contributed by atoms with E-state index in [4.69, 9.17) is 5.73 Å². The van der Waals surface area contributed by atoms with Crippen molar-refractivity contribution >= 4 is 27.5 Å². The Morgan fingerprint density at radius 3 is 2.81 bits per heavy atom. The van der Waals surface area contributed by atoms with Gasteiger partial charge in [0, 0.05) is 28.8 Å². The van der Waals surface area contributed by atoms with Gasteiger partial charge in [0.1, 0.15) is 0 Å². The number of nitrogens with two attached hydrogens (primary N) is 1. The lowest BCUT2D eigenvalue weighted by atomic mass is 10.1. The van der Waals surface area contributed by atoms with E-state index in [0.29, 0.717) is 17.8 Å². The Morgan fingerprint density at radius 1 is 1.38 bits per heavy atom. The molecule has 3 nitrogen and oxygen atoms in total. The molecule has 0 aromatic heterocycles. The molecule has 0 aliphatic carbocycles. The Kier molecular flexibility index (Phi) is 3.29. The molecule has 2 rings (SSSR count). The standard InChI is InChI=1S/C12H13BrN2O/c13-10-5-4-9(8-11(10)14)12(16)15-6-2-1-3-7-15/h1-2,4-5,8H,3,6-7,14H2. The van der Waals surface area contributed by atoms with Crippen LogP contribution in [0.5, 0.6) is 0 Å². The van der Waals surface area contributed by atoms with Crippen molar-refractivity contribution in [3.63, 3.8) is 0 Å². The maximum Gasteiger partial charge on any atom is 0.254 e. The van der Waals surface area contributed by atoms with Gasteiger partial charge in [0.05, 0.1) is 0 Å². The van der Waals surface area contributed by atoms with E-state index >= 15 is 0 Å². The van der Waals surface area contributed by atoms with Crippen LogP contribution in [0.4, 0.5) is 5.69 Å². The van der Waals surface area contributed by atoms with E-state index in [-0.39, 0.29) is 5.91 Å². The molecule has 0 atom stereocenters. The van der Waals surface area contributed by atoms with Crippen molar-refractivity contribution in [1.82, 2.24) is 4.90 Å². The van der Waals surface area contributed by atoms with Crippen molar-refractivity contribution in [2.24, 2.45) is 0 Å². The molecule has 84 valence electrons. The third-order valence-corrected chi connectivity index (χ3v) is 3.31. The molecule has 0 unspecified atom stereocenters. The number of carbonyl (C=O) groups is 1. The zero-order valence-electron chi connectivity index (χ0n) is 8.82. The number of anilines is 1. The van der Waals surface area contributed by atoms with Gasteiger partial charge in [-0.05, 0) is 40.5 Å². The van der Waals surface area contributed by atoms with Crippen LogP contribution in [0.15, 0.2) is 34.8 Å². The predicted octanol–water partition coefficient (Wildman–Crippen LogP) is 2.43. The van der Waals surface area contributed by atoms with Crippen molar-refractivity contribution in [3.8, 4) is 0 Å². The van der Waals surface area contributed by atoms with Gasteiger partial charge in [0.25, 0.3) is 5.91 Å². The van der Waals surface area contributed by atoms with Crippen LogP contribution in [0.1, 0.15) is 16.8 Å². The molecule has 1 aromatic carbocycles. The lowest BCUT2D eigenvalue weighted by Crippen LogP contribution is -2.33. The van der Waals surface area contributed by atoms with Gasteiger partial charge < -0.3 is 10.6 Å². The van der Waals surface area contributed by atoms with E-state index in [2.05, 4.69) is 22.0 Å². The molecule has 1 heterocycles. The first kappa shape index (κ1) is 11.2. The quantitative estimate of drug-likeness (QED) is 0.634. The highest BCUT2D eigenvalue weighted by molar-refractivity contribution is 9.10. The number of nitrogen functional groups attached to an aromatic ring is 1. The predicted molar refractivity (Wildman–Crippen MR) is 68.2 cm³/mol. The number of carbonyl (C=O) groups excluding carboxylic acids is 1. The second-order valence-electron chi connectivity index (χ2n) is 3.75. The summed E-state index contributed by atoms with van der Waals surface area (Å²) in [6, 6.07) is 5.31. The molecular formula is C12H13BrN2O. The molecule has 1 aromatic rings. The third-order valence-electron chi connectivity index (χ3n) is 2.59. The molecule has 16 heavy (non-hydrogen) atoms. The third kappa shape index (κ3) is 2.27. The van der Waals surface area contributed by atoms with Crippen LogP contribution < -0.4 is 5.73 Å². The first-order valence-corrected chi connectivity index (χ1v) is 5.97.